The molecular formula is C26H29F3O3. The number of hydrogen-bond acceptors (Lipinski definition) is 3. The molecule has 1 unspecified atom stereocenters. The van der Waals surface area contributed by atoms with Crippen LogP contribution in [0.1, 0.15) is 62.5 Å². The van der Waals surface area contributed by atoms with E-state index in [0.29, 0.717) is 18.8 Å². The van der Waals surface area contributed by atoms with Gasteiger partial charge < -0.3 is 9.47 Å². The largest absolute Gasteiger partial charge is 0.491 e. The van der Waals surface area contributed by atoms with E-state index in [1.807, 2.05) is 13.0 Å². The van der Waals surface area contributed by atoms with E-state index in [2.05, 4.69) is 24.3 Å². The van der Waals surface area contributed by atoms with Crippen LogP contribution in [0.15, 0.2) is 48.6 Å². The Hall–Kier alpha value is -2.76. The number of hydrogen-bond donors (Lipinski definition) is 0. The summed E-state index contributed by atoms with van der Waals surface area (Å²) in [4.78, 5) is 12.5. The summed E-state index contributed by atoms with van der Waals surface area (Å²) in [6.45, 7) is 3.44. The van der Waals surface area contributed by atoms with Crippen LogP contribution in [0.3, 0.4) is 0 Å². The molecule has 0 heterocycles. The average molecular weight is 447 g/mol. The summed E-state index contributed by atoms with van der Waals surface area (Å²) in [7, 11) is 0. The minimum Gasteiger partial charge on any atom is -0.491 e. The second-order valence-corrected chi connectivity index (χ2v) is 8.13. The van der Waals surface area contributed by atoms with Crippen LogP contribution in [0, 0.1) is 17.6 Å². The number of benzene rings is 2. The van der Waals surface area contributed by atoms with E-state index in [1.54, 1.807) is 6.92 Å². The fourth-order valence-electron chi connectivity index (χ4n) is 4.15. The highest BCUT2D eigenvalue weighted by Gasteiger charge is 2.29. The fraction of sp³-hybridized carbons (Fsp3) is 0.423. The highest BCUT2D eigenvalue weighted by atomic mass is 19.2. The van der Waals surface area contributed by atoms with Crippen LogP contribution in [0.2, 0.25) is 0 Å². The summed E-state index contributed by atoms with van der Waals surface area (Å²) in [5.74, 6) is -3.37. The summed E-state index contributed by atoms with van der Waals surface area (Å²) in [6, 6.07) is 10.8. The Morgan fingerprint density at radius 3 is 2.28 bits per heavy atom. The van der Waals surface area contributed by atoms with Gasteiger partial charge in [-0.2, -0.15) is 8.78 Å². The van der Waals surface area contributed by atoms with Crippen molar-refractivity contribution in [3.63, 3.8) is 0 Å². The van der Waals surface area contributed by atoms with Crippen molar-refractivity contribution in [2.24, 2.45) is 5.92 Å². The lowest BCUT2D eigenvalue weighted by Crippen LogP contribution is -2.25. The van der Waals surface area contributed by atoms with Crippen molar-refractivity contribution in [2.45, 2.75) is 51.4 Å². The maximum absolute atomic E-state index is 14.2. The Kier molecular flexibility index (Phi) is 8.37. The van der Waals surface area contributed by atoms with E-state index >= 15 is 0 Å². The monoisotopic (exact) mass is 446 g/mol. The Labute approximate surface area is 187 Å². The van der Waals surface area contributed by atoms with Crippen molar-refractivity contribution in [2.75, 3.05) is 13.3 Å². The summed E-state index contributed by atoms with van der Waals surface area (Å²) in [6.07, 6.45) is 6.26. The van der Waals surface area contributed by atoms with Gasteiger partial charge in [-0.3, -0.25) is 4.79 Å². The van der Waals surface area contributed by atoms with E-state index in [1.165, 1.54) is 23.8 Å². The van der Waals surface area contributed by atoms with Gasteiger partial charge in [0.1, 0.15) is 6.67 Å². The van der Waals surface area contributed by atoms with Crippen molar-refractivity contribution in [1.82, 2.24) is 0 Å². The van der Waals surface area contributed by atoms with Crippen LogP contribution < -0.4 is 9.47 Å². The maximum Gasteiger partial charge on any atom is 0.314 e. The summed E-state index contributed by atoms with van der Waals surface area (Å²) in [5, 5.41) is 0. The molecule has 1 aliphatic carbocycles. The van der Waals surface area contributed by atoms with Gasteiger partial charge in [-0.15, -0.1) is 0 Å². The van der Waals surface area contributed by atoms with Gasteiger partial charge in [-0.05, 0) is 67.7 Å². The molecule has 32 heavy (non-hydrogen) atoms. The fourth-order valence-corrected chi connectivity index (χ4v) is 4.15. The standard InChI is InChI=1S/C26H29F3O3/c1-3-31-22-14-15-23(25(29)24(22)28)32-26(30)21-12-10-20(11-13-21)19-8-6-18(7-9-19)17(2)5-4-16-27/h4-9,14-15,17,20-21H,3,10-13,16H2,1-2H3/b5-4+. The third-order valence-corrected chi connectivity index (χ3v) is 6.03. The molecule has 1 saturated carbocycles. The van der Waals surface area contributed by atoms with Crippen LogP contribution in [-0.2, 0) is 4.79 Å². The normalized spacial score (nSPS) is 19.7. The van der Waals surface area contributed by atoms with Crippen molar-refractivity contribution in [3.05, 3.63) is 71.3 Å². The molecule has 0 bridgehead atoms. The average Bonchev–Trinajstić information content (AvgIpc) is 2.82. The summed E-state index contributed by atoms with van der Waals surface area (Å²) < 4.78 is 50.7. The quantitative estimate of drug-likeness (QED) is 0.252. The van der Waals surface area contributed by atoms with Crippen molar-refractivity contribution in [3.8, 4) is 11.5 Å². The number of allylic oxidation sites excluding steroid dienone is 2. The molecule has 0 aliphatic heterocycles. The minimum atomic E-state index is -1.21. The van der Waals surface area contributed by atoms with Crippen molar-refractivity contribution >= 4 is 5.97 Å². The van der Waals surface area contributed by atoms with Gasteiger partial charge in [-0.1, -0.05) is 43.3 Å². The van der Waals surface area contributed by atoms with Crippen molar-refractivity contribution in [1.29, 1.82) is 0 Å². The smallest absolute Gasteiger partial charge is 0.314 e. The van der Waals surface area contributed by atoms with Crippen LogP contribution in [0.4, 0.5) is 13.2 Å². The topological polar surface area (TPSA) is 35.5 Å². The van der Waals surface area contributed by atoms with Gasteiger partial charge in [0.05, 0.1) is 12.5 Å². The van der Waals surface area contributed by atoms with Gasteiger partial charge in [-0.25, -0.2) is 4.39 Å². The molecule has 0 saturated heterocycles. The lowest BCUT2D eigenvalue weighted by Gasteiger charge is -2.27. The SMILES string of the molecule is CCOc1ccc(OC(=O)C2CCC(c3ccc(C(C)/C=C/CF)cc3)CC2)c(F)c1F. The molecule has 3 rings (SSSR count). The Morgan fingerprint density at radius 1 is 1.03 bits per heavy atom. The third kappa shape index (κ3) is 5.72. The molecule has 0 N–H and O–H groups in total. The molecule has 172 valence electrons. The highest BCUT2D eigenvalue weighted by molar-refractivity contribution is 5.75. The molecule has 0 amide bonds. The molecule has 2 aromatic carbocycles. The number of ether oxygens (including phenoxy) is 2. The number of carbonyl (C=O) groups is 1. The second-order valence-electron chi connectivity index (χ2n) is 8.13. The lowest BCUT2D eigenvalue weighted by molar-refractivity contribution is -0.140. The molecule has 6 heteroatoms. The summed E-state index contributed by atoms with van der Waals surface area (Å²) in [5.41, 5.74) is 2.34. The first-order valence-corrected chi connectivity index (χ1v) is 11.1. The third-order valence-electron chi connectivity index (χ3n) is 6.03. The first-order chi connectivity index (χ1) is 15.4. The Bertz CT molecular complexity index is 932. The van der Waals surface area contributed by atoms with Gasteiger partial charge in [0.25, 0.3) is 0 Å². The lowest BCUT2D eigenvalue weighted by atomic mass is 9.78. The maximum atomic E-state index is 14.2. The van der Waals surface area contributed by atoms with E-state index in [0.717, 1.165) is 18.4 Å². The van der Waals surface area contributed by atoms with E-state index < -0.39 is 30.0 Å². The van der Waals surface area contributed by atoms with Gasteiger partial charge >= 0.3 is 5.97 Å². The number of alkyl halides is 1. The molecule has 0 radical (unpaired) electrons. The minimum absolute atomic E-state index is 0.151. The molecule has 1 atom stereocenters. The Balaban J connectivity index is 1.56. The van der Waals surface area contributed by atoms with Gasteiger partial charge in [0.15, 0.2) is 11.5 Å². The number of rotatable bonds is 8. The molecule has 2 aromatic rings. The van der Waals surface area contributed by atoms with Crippen LogP contribution in [0.25, 0.3) is 0 Å². The van der Waals surface area contributed by atoms with E-state index in [-0.39, 0.29) is 24.2 Å². The number of halogens is 3. The van der Waals surface area contributed by atoms with Crippen LogP contribution >= 0.6 is 0 Å². The van der Waals surface area contributed by atoms with E-state index in [4.69, 9.17) is 9.47 Å². The zero-order valence-electron chi connectivity index (χ0n) is 18.5. The van der Waals surface area contributed by atoms with Gasteiger partial charge in [0, 0.05) is 0 Å². The first kappa shape index (κ1) is 23.9. The molecular weight excluding hydrogens is 417 g/mol. The second kappa shape index (κ2) is 11.2. The highest BCUT2D eigenvalue weighted by Crippen LogP contribution is 2.37. The molecule has 0 aromatic heterocycles. The predicted molar refractivity (Wildman–Crippen MR) is 118 cm³/mol. The molecule has 1 fully saturated rings. The molecule has 3 nitrogen and oxygen atoms in total. The zero-order valence-corrected chi connectivity index (χ0v) is 18.5. The molecule has 0 spiro atoms. The Morgan fingerprint density at radius 2 is 1.66 bits per heavy atom. The predicted octanol–water partition coefficient (Wildman–Crippen LogP) is 6.87. The number of carbonyl (C=O) groups excluding carboxylic acids is 1. The molecule has 1 aliphatic rings. The van der Waals surface area contributed by atoms with Crippen molar-refractivity contribution < 1.29 is 27.4 Å². The van der Waals surface area contributed by atoms with E-state index in [9.17, 15) is 18.0 Å². The van der Waals surface area contributed by atoms with Crippen LogP contribution in [-0.4, -0.2) is 19.3 Å². The summed E-state index contributed by atoms with van der Waals surface area (Å²) >= 11 is 0. The number of esters is 1. The van der Waals surface area contributed by atoms with Crippen LogP contribution in [0.5, 0.6) is 11.5 Å². The van der Waals surface area contributed by atoms with Gasteiger partial charge in [0.2, 0.25) is 11.6 Å². The first-order valence-electron chi connectivity index (χ1n) is 11.1. The zero-order chi connectivity index (χ0) is 23.1.